The van der Waals surface area contributed by atoms with Crippen molar-refractivity contribution in [2.24, 2.45) is 0 Å². The first-order chi connectivity index (χ1) is 6.62. The molecular weight excluding hydrogens is 192 g/mol. The van der Waals surface area contributed by atoms with Crippen molar-refractivity contribution in [2.45, 2.75) is 56.7 Å². The molecule has 0 aliphatic heterocycles. The quantitative estimate of drug-likeness (QED) is 0.531. The van der Waals surface area contributed by atoms with E-state index in [4.69, 9.17) is 9.47 Å². The second-order valence-corrected chi connectivity index (χ2v) is 9.89. The van der Waals surface area contributed by atoms with Gasteiger partial charge in [0.25, 0.3) is 0 Å². The van der Waals surface area contributed by atoms with Gasteiger partial charge in [0.15, 0.2) is 0 Å². The SMILES string of the molecule is COC(OC)[Si](C)(C)C1CCCCC1. The van der Waals surface area contributed by atoms with Crippen LogP contribution in [0.1, 0.15) is 32.1 Å². The van der Waals surface area contributed by atoms with Crippen LogP contribution in [0.2, 0.25) is 18.6 Å². The zero-order valence-corrected chi connectivity index (χ0v) is 11.0. The Morgan fingerprint density at radius 1 is 1.00 bits per heavy atom. The van der Waals surface area contributed by atoms with E-state index < -0.39 is 8.07 Å². The van der Waals surface area contributed by atoms with Gasteiger partial charge in [-0.05, 0) is 5.54 Å². The average molecular weight is 216 g/mol. The maximum atomic E-state index is 5.46. The van der Waals surface area contributed by atoms with Crippen LogP contribution in [0.4, 0.5) is 0 Å². The second kappa shape index (κ2) is 5.28. The molecule has 1 rings (SSSR count). The fraction of sp³-hybridized carbons (Fsp3) is 1.00. The molecule has 2 nitrogen and oxygen atoms in total. The highest BCUT2D eigenvalue weighted by Crippen LogP contribution is 2.39. The molecule has 0 saturated heterocycles. The van der Waals surface area contributed by atoms with Crippen LogP contribution in [0.15, 0.2) is 0 Å². The minimum atomic E-state index is -1.38. The van der Waals surface area contributed by atoms with E-state index in [0.717, 1.165) is 5.54 Å². The summed E-state index contributed by atoms with van der Waals surface area (Å²) in [5.41, 5.74) is 0.890. The van der Waals surface area contributed by atoms with Crippen molar-refractivity contribution in [2.75, 3.05) is 14.2 Å². The third-order valence-corrected chi connectivity index (χ3v) is 8.06. The molecule has 0 radical (unpaired) electrons. The number of hydrogen-bond donors (Lipinski definition) is 0. The van der Waals surface area contributed by atoms with E-state index in [2.05, 4.69) is 13.1 Å². The Morgan fingerprint density at radius 2 is 1.50 bits per heavy atom. The molecule has 3 heteroatoms. The Morgan fingerprint density at radius 3 is 1.93 bits per heavy atom. The van der Waals surface area contributed by atoms with E-state index in [0.29, 0.717) is 0 Å². The summed E-state index contributed by atoms with van der Waals surface area (Å²) in [6, 6.07) is 0. The van der Waals surface area contributed by atoms with Gasteiger partial charge in [-0.1, -0.05) is 45.2 Å². The normalized spacial score (nSPS) is 20.4. The van der Waals surface area contributed by atoms with Crippen LogP contribution in [-0.2, 0) is 9.47 Å². The third-order valence-electron chi connectivity index (χ3n) is 3.69. The topological polar surface area (TPSA) is 18.5 Å². The predicted molar refractivity (Wildman–Crippen MR) is 62.1 cm³/mol. The van der Waals surface area contributed by atoms with Crippen LogP contribution in [0, 0.1) is 0 Å². The first-order valence-electron chi connectivity index (χ1n) is 5.68. The fourth-order valence-corrected chi connectivity index (χ4v) is 6.24. The van der Waals surface area contributed by atoms with Crippen molar-refractivity contribution in [1.29, 1.82) is 0 Å². The molecule has 0 aromatic heterocycles. The molecule has 0 atom stereocenters. The molecule has 14 heavy (non-hydrogen) atoms. The Bertz CT molecular complexity index is 161. The number of methoxy groups -OCH3 is 2. The fourth-order valence-electron chi connectivity index (χ4n) is 2.74. The first kappa shape index (κ1) is 12.2. The molecule has 1 aliphatic rings. The molecule has 0 unspecified atom stereocenters. The van der Waals surface area contributed by atoms with Crippen LogP contribution in [-0.4, -0.2) is 28.2 Å². The van der Waals surface area contributed by atoms with Crippen LogP contribution in [0.5, 0.6) is 0 Å². The van der Waals surface area contributed by atoms with Gasteiger partial charge in [-0.2, -0.15) is 0 Å². The number of ether oxygens (including phenoxy) is 2. The largest absolute Gasteiger partial charge is 0.360 e. The average Bonchev–Trinajstić information content (AvgIpc) is 2.20. The van der Waals surface area contributed by atoms with E-state index in [1.165, 1.54) is 32.1 Å². The molecule has 1 saturated carbocycles. The van der Waals surface area contributed by atoms with Gasteiger partial charge in [0.05, 0.1) is 0 Å². The van der Waals surface area contributed by atoms with Crippen LogP contribution < -0.4 is 0 Å². The minimum absolute atomic E-state index is 0.0746. The van der Waals surface area contributed by atoms with Crippen molar-refractivity contribution in [3.63, 3.8) is 0 Å². The molecule has 0 aromatic rings. The minimum Gasteiger partial charge on any atom is -0.360 e. The molecule has 0 spiro atoms. The summed E-state index contributed by atoms with van der Waals surface area (Å²) in [4.78, 5) is 0. The van der Waals surface area contributed by atoms with Crippen molar-refractivity contribution < 1.29 is 9.47 Å². The molecule has 0 bridgehead atoms. The van der Waals surface area contributed by atoms with Gasteiger partial charge in [-0.25, -0.2) is 0 Å². The molecule has 1 aliphatic carbocycles. The molecule has 84 valence electrons. The molecular formula is C11H24O2Si. The van der Waals surface area contributed by atoms with Gasteiger partial charge in [-0.15, -0.1) is 0 Å². The Labute approximate surface area is 89.0 Å². The Kier molecular flexibility index (Phi) is 4.61. The summed E-state index contributed by atoms with van der Waals surface area (Å²) < 4.78 is 10.9. The van der Waals surface area contributed by atoms with Gasteiger partial charge in [-0.3, -0.25) is 0 Å². The van der Waals surface area contributed by atoms with Gasteiger partial charge in [0, 0.05) is 14.2 Å². The monoisotopic (exact) mass is 216 g/mol. The third kappa shape index (κ3) is 2.58. The zero-order valence-electron chi connectivity index (χ0n) is 10.0. The molecule has 1 fully saturated rings. The van der Waals surface area contributed by atoms with E-state index in [1.807, 2.05) is 0 Å². The molecule has 0 N–H and O–H groups in total. The van der Waals surface area contributed by atoms with Crippen molar-refractivity contribution in [1.82, 2.24) is 0 Å². The van der Waals surface area contributed by atoms with E-state index >= 15 is 0 Å². The highest BCUT2D eigenvalue weighted by molar-refractivity contribution is 6.79. The van der Waals surface area contributed by atoms with Gasteiger partial charge in [0.2, 0.25) is 0 Å². The van der Waals surface area contributed by atoms with Crippen molar-refractivity contribution in [3.8, 4) is 0 Å². The van der Waals surface area contributed by atoms with Gasteiger partial charge >= 0.3 is 0 Å². The summed E-state index contributed by atoms with van der Waals surface area (Å²) in [5.74, 6) is 0.0746. The number of rotatable bonds is 4. The van der Waals surface area contributed by atoms with Crippen molar-refractivity contribution in [3.05, 3.63) is 0 Å². The molecule has 0 heterocycles. The summed E-state index contributed by atoms with van der Waals surface area (Å²) in [7, 11) is 2.16. The summed E-state index contributed by atoms with van der Waals surface area (Å²) >= 11 is 0. The smallest absolute Gasteiger partial charge is 0.140 e. The number of hydrogen-bond acceptors (Lipinski definition) is 2. The lowest BCUT2D eigenvalue weighted by atomic mass is 10.0. The zero-order chi connectivity index (χ0) is 10.6. The van der Waals surface area contributed by atoms with E-state index in [1.54, 1.807) is 14.2 Å². The standard InChI is InChI=1S/C11H24O2Si/c1-12-11(13-2)14(3,4)10-8-6-5-7-9-10/h10-11H,5-9H2,1-4H3. The lowest BCUT2D eigenvalue weighted by Crippen LogP contribution is -2.48. The van der Waals surface area contributed by atoms with Crippen LogP contribution in [0.3, 0.4) is 0 Å². The van der Waals surface area contributed by atoms with E-state index in [-0.39, 0.29) is 5.91 Å². The first-order valence-corrected chi connectivity index (χ1v) is 8.84. The van der Waals surface area contributed by atoms with Crippen molar-refractivity contribution >= 4 is 8.07 Å². The maximum Gasteiger partial charge on any atom is 0.140 e. The van der Waals surface area contributed by atoms with Crippen LogP contribution >= 0.6 is 0 Å². The maximum absolute atomic E-state index is 5.46. The van der Waals surface area contributed by atoms with E-state index in [9.17, 15) is 0 Å². The molecule has 0 aromatic carbocycles. The summed E-state index contributed by atoms with van der Waals surface area (Å²) in [6.45, 7) is 4.81. The van der Waals surface area contributed by atoms with Crippen LogP contribution in [0.25, 0.3) is 0 Å². The van der Waals surface area contributed by atoms with Gasteiger partial charge < -0.3 is 9.47 Å². The lowest BCUT2D eigenvalue weighted by Gasteiger charge is -2.39. The highest BCUT2D eigenvalue weighted by atomic mass is 28.3. The second-order valence-electron chi connectivity index (χ2n) is 4.96. The lowest BCUT2D eigenvalue weighted by molar-refractivity contribution is -0.0515. The summed E-state index contributed by atoms with van der Waals surface area (Å²) in [5, 5.41) is 0. The highest BCUT2D eigenvalue weighted by Gasteiger charge is 2.40. The molecule has 0 amide bonds. The predicted octanol–water partition coefficient (Wildman–Crippen LogP) is 3.19. The summed E-state index contributed by atoms with van der Waals surface area (Å²) in [6.07, 6.45) is 7.01. The Balaban J connectivity index is 2.60. The Hall–Kier alpha value is 0.137. The van der Waals surface area contributed by atoms with Gasteiger partial charge in [0.1, 0.15) is 14.0 Å².